The van der Waals surface area contributed by atoms with Crippen LogP contribution >= 0.6 is 0 Å². The third-order valence-electron chi connectivity index (χ3n) is 4.41. The Morgan fingerprint density at radius 3 is 2.68 bits per heavy atom. The fourth-order valence-corrected chi connectivity index (χ4v) is 2.94. The van der Waals surface area contributed by atoms with Crippen LogP contribution in [0.2, 0.25) is 0 Å². The predicted molar refractivity (Wildman–Crippen MR) is 85.8 cm³/mol. The molecule has 1 aromatic rings. The number of hydrogen-bond acceptors (Lipinski definition) is 3. The molecular weight excluding hydrogens is 278 g/mol. The lowest BCUT2D eigenvalue weighted by atomic mass is 9.86. The fourth-order valence-electron chi connectivity index (χ4n) is 2.94. The molecule has 0 unspecified atom stereocenters. The van der Waals surface area contributed by atoms with Crippen molar-refractivity contribution in [1.29, 1.82) is 0 Å². The van der Waals surface area contributed by atoms with Gasteiger partial charge in [-0.1, -0.05) is 37.5 Å². The van der Waals surface area contributed by atoms with Crippen LogP contribution in [0.4, 0.5) is 0 Å². The van der Waals surface area contributed by atoms with Gasteiger partial charge in [-0.05, 0) is 44.2 Å². The average molecular weight is 303 g/mol. The van der Waals surface area contributed by atoms with Gasteiger partial charge in [-0.25, -0.2) is 4.79 Å². The highest BCUT2D eigenvalue weighted by Crippen LogP contribution is 2.23. The van der Waals surface area contributed by atoms with Gasteiger partial charge in [0.15, 0.2) is 6.61 Å². The van der Waals surface area contributed by atoms with Gasteiger partial charge >= 0.3 is 5.97 Å². The molecular formula is C18H25NO3. The number of rotatable bonds is 4. The van der Waals surface area contributed by atoms with E-state index >= 15 is 0 Å². The number of benzene rings is 1. The Bertz CT molecular complexity index is 553. The number of carbonyl (C=O) groups is 2. The Morgan fingerprint density at radius 2 is 1.95 bits per heavy atom. The number of carbonyl (C=O) groups excluding carboxylic acids is 2. The molecule has 4 nitrogen and oxygen atoms in total. The zero-order valence-electron chi connectivity index (χ0n) is 13.6. The second-order valence-corrected chi connectivity index (χ2v) is 6.33. The summed E-state index contributed by atoms with van der Waals surface area (Å²) < 4.78 is 5.15. The van der Waals surface area contributed by atoms with Crippen LogP contribution in [0.15, 0.2) is 18.2 Å². The van der Waals surface area contributed by atoms with Crippen LogP contribution in [0.1, 0.15) is 54.1 Å². The molecule has 0 heterocycles. The Hall–Kier alpha value is -1.84. The number of nitrogens with one attached hydrogen (secondary N) is 1. The van der Waals surface area contributed by atoms with Crippen LogP contribution in [0.25, 0.3) is 0 Å². The topological polar surface area (TPSA) is 55.4 Å². The van der Waals surface area contributed by atoms with Gasteiger partial charge in [0, 0.05) is 6.04 Å². The van der Waals surface area contributed by atoms with Crippen LogP contribution in [-0.2, 0) is 9.53 Å². The molecule has 22 heavy (non-hydrogen) atoms. The molecule has 0 bridgehead atoms. The summed E-state index contributed by atoms with van der Waals surface area (Å²) in [7, 11) is 0. The molecule has 120 valence electrons. The third kappa shape index (κ3) is 4.33. The smallest absolute Gasteiger partial charge is 0.338 e. The largest absolute Gasteiger partial charge is 0.452 e. The van der Waals surface area contributed by atoms with Gasteiger partial charge in [-0.3, -0.25) is 4.79 Å². The molecule has 0 radical (unpaired) electrons. The molecule has 0 aromatic heterocycles. The normalized spacial score (nSPS) is 21.2. The van der Waals surface area contributed by atoms with E-state index < -0.39 is 5.97 Å². The van der Waals surface area contributed by atoms with E-state index in [2.05, 4.69) is 12.2 Å². The highest BCUT2D eigenvalue weighted by molar-refractivity contribution is 5.92. The van der Waals surface area contributed by atoms with Crippen molar-refractivity contribution in [3.63, 3.8) is 0 Å². The molecule has 2 rings (SSSR count). The van der Waals surface area contributed by atoms with Crippen molar-refractivity contribution in [3.05, 3.63) is 34.9 Å². The van der Waals surface area contributed by atoms with Gasteiger partial charge in [0.05, 0.1) is 5.56 Å². The van der Waals surface area contributed by atoms with Crippen molar-refractivity contribution in [1.82, 2.24) is 5.32 Å². The first-order chi connectivity index (χ1) is 10.5. The zero-order chi connectivity index (χ0) is 16.1. The zero-order valence-corrected chi connectivity index (χ0v) is 13.6. The Balaban J connectivity index is 1.85. The van der Waals surface area contributed by atoms with Crippen LogP contribution in [0.3, 0.4) is 0 Å². The third-order valence-corrected chi connectivity index (χ3v) is 4.41. The molecule has 1 aliphatic carbocycles. The Labute approximate surface area is 132 Å². The molecule has 1 saturated carbocycles. The van der Waals surface area contributed by atoms with Crippen molar-refractivity contribution in [2.24, 2.45) is 5.92 Å². The minimum absolute atomic E-state index is 0.209. The van der Waals surface area contributed by atoms with Crippen LogP contribution in [-0.4, -0.2) is 24.5 Å². The van der Waals surface area contributed by atoms with E-state index in [1.165, 1.54) is 6.42 Å². The van der Waals surface area contributed by atoms with Gasteiger partial charge in [-0.2, -0.15) is 0 Å². The quantitative estimate of drug-likeness (QED) is 0.869. The van der Waals surface area contributed by atoms with Crippen molar-refractivity contribution >= 4 is 11.9 Å². The molecule has 0 spiro atoms. The van der Waals surface area contributed by atoms with Gasteiger partial charge in [0.25, 0.3) is 5.91 Å². The first-order valence-corrected chi connectivity index (χ1v) is 8.01. The molecule has 1 aromatic carbocycles. The van der Waals surface area contributed by atoms with E-state index in [1.807, 2.05) is 26.0 Å². The van der Waals surface area contributed by atoms with Crippen molar-refractivity contribution < 1.29 is 14.3 Å². The standard InChI is InChI=1S/C18H25NO3/c1-12-8-9-13(2)15(10-12)18(21)22-11-17(20)19-16-7-5-4-6-14(16)3/h8-10,14,16H,4-7,11H2,1-3H3,(H,19,20)/t14-,16-/m1/s1. The summed E-state index contributed by atoms with van der Waals surface area (Å²) in [5, 5.41) is 2.99. The number of esters is 1. The van der Waals surface area contributed by atoms with Crippen LogP contribution in [0, 0.1) is 19.8 Å². The van der Waals surface area contributed by atoms with Crippen molar-refractivity contribution in [2.75, 3.05) is 6.61 Å². The lowest BCUT2D eigenvalue weighted by Gasteiger charge is -2.29. The Kier molecular flexibility index (Phi) is 5.58. The molecule has 0 saturated heterocycles. The van der Waals surface area contributed by atoms with Crippen molar-refractivity contribution in [3.8, 4) is 0 Å². The molecule has 1 amide bonds. The van der Waals surface area contributed by atoms with E-state index in [0.29, 0.717) is 11.5 Å². The number of hydrogen-bond donors (Lipinski definition) is 1. The van der Waals surface area contributed by atoms with E-state index in [-0.39, 0.29) is 18.6 Å². The lowest BCUT2D eigenvalue weighted by molar-refractivity contribution is -0.125. The molecule has 0 aliphatic heterocycles. The van der Waals surface area contributed by atoms with Crippen LogP contribution in [0.5, 0.6) is 0 Å². The van der Waals surface area contributed by atoms with Crippen molar-refractivity contribution in [2.45, 2.75) is 52.5 Å². The van der Waals surface area contributed by atoms with E-state index in [0.717, 1.165) is 30.4 Å². The summed E-state index contributed by atoms with van der Waals surface area (Å²) in [6, 6.07) is 5.83. The van der Waals surface area contributed by atoms with Gasteiger partial charge < -0.3 is 10.1 Å². The first kappa shape index (κ1) is 16.5. The second-order valence-electron chi connectivity index (χ2n) is 6.33. The summed E-state index contributed by atoms with van der Waals surface area (Å²) in [4.78, 5) is 24.0. The molecule has 1 fully saturated rings. The Morgan fingerprint density at radius 1 is 1.23 bits per heavy atom. The maximum absolute atomic E-state index is 12.1. The van der Waals surface area contributed by atoms with Gasteiger partial charge in [0.1, 0.15) is 0 Å². The molecule has 2 atom stereocenters. The SMILES string of the molecule is Cc1ccc(C)c(C(=O)OCC(=O)N[C@@H]2CCCC[C@H]2C)c1. The van der Waals surface area contributed by atoms with E-state index in [1.54, 1.807) is 6.07 Å². The summed E-state index contributed by atoms with van der Waals surface area (Å²) in [6.07, 6.45) is 4.54. The molecule has 1 N–H and O–H groups in total. The number of aryl methyl sites for hydroxylation is 2. The van der Waals surface area contributed by atoms with E-state index in [9.17, 15) is 9.59 Å². The minimum atomic E-state index is -0.437. The summed E-state index contributed by atoms with van der Waals surface area (Å²) in [5.41, 5.74) is 2.38. The second kappa shape index (κ2) is 7.43. The highest BCUT2D eigenvalue weighted by atomic mass is 16.5. The highest BCUT2D eigenvalue weighted by Gasteiger charge is 2.23. The maximum Gasteiger partial charge on any atom is 0.338 e. The van der Waals surface area contributed by atoms with Crippen LogP contribution < -0.4 is 5.32 Å². The number of ether oxygens (including phenoxy) is 1. The fraction of sp³-hybridized carbons (Fsp3) is 0.556. The minimum Gasteiger partial charge on any atom is -0.452 e. The maximum atomic E-state index is 12.1. The molecule has 1 aliphatic rings. The molecule has 4 heteroatoms. The van der Waals surface area contributed by atoms with Gasteiger partial charge in [0.2, 0.25) is 0 Å². The average Bonchev–Trinajstić information content (AvgIpc) is 2.49. The van der Waals surface area contributed by atoms with Gasteiger partial charge in [-0.15, -0.1) is 0 Å². The predicted octanol–water partition coefficient (Wildman–Crippen LogP) is 3.16. The number of amides is 1. The van der Waals surface area contributed by atoms with E-state index in [4.69, 9.17) is 4.74 Å². The monoisotopic (exact) mass is 303 g/mol. The summed E-state index contributed by atoms with van der Waals surface area (Å²) >= 11 is 0. The lowest BCUT2D eigenvalue weighted by Crippen LogP contribution is -2.42. The summed E-state index contributed by atoms with van der Waals surface area (Å²) in [5.74, 6) is -0.155. The first-order valence-electron chi connectivity index (χ1n) is 8.01. The summed E-state index contributed by atoms with van der Waals surface area (Å²) in [6.45, 7) is 5.73.